The number of hydrazone groups is 1. The molecular weight excluding hydrogens is 436 g/mol. The van der Waals surface area contributed by atoms with Gasteiger partial charge >= 0.3 is 5.69 Å². The first-order valence-electron chi connectivity index (χ1n) is 10.7. The third-order valence-electron chi connectivity index (χ3n) is 5.54. The van der Waals surface area contributed by atoms with E-state index in [1.54, 1.807) is 0 Å². The maximum absolute atomic E-state index is 11.1. The van der Waals surface area contributed by atoms with Crippen molar-refractivity contribution in [2.45, 2.75) is 38.5 Å². The molecule has 2 fully saturated rings. The molecule has 2 saturated heterocycles. The van der Waals surface area contributed by atoms with E-state index >= 15 is 0 Å². The Kier molecular flexibility index (Phi) is 6.84. The van der Waals surface area contributed by atoms with Gasteiger partial charge in [0.25, 0.3) is 0 Å². The Morgan fingerprint density at radius 3 is 2.09 bits per heavy atom. The number of nitrogens with one attached hydrogen (secondary N) is 1. The fourth-order valence-corrected chi connectivity index (χ4v) is 4.10. The van der Waals surface area contributed by atoms with Gasteiger partial charge in [-0.1, -0.05) is 11.6 Å². The summed E-state index contributed by atoms with van der Waals surface area (Å²) in [7, 11) is 0. The van der Waals surface area contributed by atoms with Gasteiger partial charge in [0.2, 0.25) is 23.6 Å². The summed E-state index contributed by atoms with van der Waals surface area (Å²) < 4.78 is 0. The van der Waals surface area contributed by atoms with Crippen LogP contribution < -0.4 is 15.2 Å². The first-order valence-corrected chi connectivity index (χ1v) is 11.1. The monoisotopic (exact) mass is 460 g/mol. The van der Waals surface area contributed by atoms with Crippen molar-refractivity contribution in [2.24, 2.45) is 5.10 Å². The molecule has 12 heteroatoms. The molecule has 1 aromatic heterocycles. The predicted molar refractivity (Wildman–Crippen MR) is 123 cm³/mol. The Morgan fingerprint density at radius 2 is 1.56 bits per heavy atom. The van der Waals surface area contributed by atoms with E-state index in [1.807, 2.05) is 0 Å². The van der Waals surface area contributed by atoms with Gasteiger partial charge in [0.15, 0.2) is 0 Å². The Hall–Kier alpha value is -3.21. The van der Waals surface area contributed by atoms with Crippen LogP contribution in [0.5, 0.6) is 5.75 Å². The minimum Gasteiger partial charge on any atom is -0.502 e. The second kappa shape index (κ2) is 9.94. The van der Waals surface area contributed by atoms with Crippen molar-refractivity contribution in [1.29, 1.82) is 0 Å². The third-order valence-corrected chi connectivity index (χ3v) is 5.76. The number of nitro benzene ring substituents is 1. The first-order chi connectivity index (χ1) is 15.5. The fraction of sp³-hybridized carbons (Fsp3) is 0.500. The molecule has 170 valence electrons. The van der Waals surface area contributed by atoms with E-state index in [9.17, 15) is 15.2 Å². The molecule has 2 aliphatic rings. The molecule has 4 rings (SSSR count). The molecule has 32 heavy (non-hydrogen) atoms. The normalized spacial score (nSPS) is 17.0. The highest BCUT2D eigenvalue weighted by Gasteiger charge is 2.21. The highest BCUT2D eigenvalue weighted by atomic mass is 35.5. The van der Waals surface area contributed by atoms with E-state index in [2.05, 4.69) is 30.3 Å². The Balaban J connectivity index is 1.59. The lowest BCUT2D eigenvalue weighted by molar-refractivity contribution is -0.385. The molecule has 11 nitrogen and oxygen atoms in total. The maximum atomic E-state index is 11.1. The van der Waals surface area contributed by atoms with Gasteiger partial charge in [-0.15, -0.1) is 0 Å². The van der Waals surface area contributed by atoms with Crippen LogP contribution in [0.3, 0.4) is 0 Å². The third kappa shape index (κ3) is 5.16. The van der Waals surface area contributed by atoms with Crippen LogP contribution in [0, 0.1) is 10.1 Å². The van der Waals surface area contributed by atoms with Crippen LogP contribution >= 0.6 is 11.6 Å². The van der Waals surface area contributed by atoms with E-state index in [0.29, 0.717) is 11.9 Å². The van der Waals surface area contributed by atoms with Crippen LogP contribution in [0.15, 0.2) is 17.2 Å². The number of benzene rings is 1. The number of nitrogens with zero attached hydrogens (tertiary/aromatic N) is 7. The quantitative estimate of drug-likeness (QED) is 0.377. The van der Waals surface area contributed by atoms with Gasteiger partial charge in [-0.05, 0) is 44.6 Å². The molecule has 0 radical (unpaired) electrons. The molecule has 3 heterocycles. The molecule has 0 aliphatic carbocycles. The lowest BCUT2D eigenvalue weighted by atomic mass is 10.1. The van der Waals surface area contributed by atoms with E-state index in [-0.39, 0.29) is 16.5 Å². The van der Waals surface area contributed by atoms with Gasteiger partial charge in [-0.25, -0.2) is 5.43 Å². The van der Waals surface area contributed by atoms with Gasteiger partial charge in [0, 0.05) is 42.8 Å². The van der Waals surface area contributed by atoms with Crippen molar-refractivity contribution < 1.29 is 10.0 Å². The maximum Gasteiger partial charge on any atom is 0.312 e. The number of phenolic OH excluding ortho intramolecular Hbond substituents is 1. The van der Waals surface area contributed by atoms with Crippen LogP contribution in [0.25, 0.3) is 0 Å². The summed E-state index contributed by atoms with van der Waals surface area (Å²) in [5.41, 5.74) is 2.40. The Labute approximate surface area is 190 Å². The highest BCUT2D eigenvalue weighted by Crippen LogP contribution is 2.32. The predicted octanol–water partition coefficient (Wildman–Crippen LogP) is 3.57. The number of aromatic nitrogens is 3. The largest absolute Gasteiger partial charge is 0.502 e. The summed E-state index contributed by atoms with van der Waals surface area (Å²) in [6.07, 6.45) is 8.03. The molecule has 0 unspecified atom stereocenters. The molecule has 2 aliphatic heterocycles. The molecule has 0 saturated carbocycles. The lowest BCUT2D eigenvalue weighted by Gasteiger charge is -2.30. The SMILES string of the molecule is O=[N+]([O-])c1cc(Cl)cc(/C=N\Nc2nc(N3CCCCC3)nc(N3CCCCC3)n2)c1O. The van der Waals surface area contributed by atoms with E-state index in [0.717, 1.165) is 57.9 Å². The number of halogens is 1. The summed E-state index contributed by atoms with van der Waals surface area (Å²) in [5, 5.41) is 25.4. The van der Waals surface area contributed by atoms with Gasteiger partial charge in [-0.3, -0.25) is 10.1 Å². The molecule has 2 aromatic rings. The number of aromatic hydroxyl groups is 1. The molecular formula is C20H25ClN8O3. The van der Waals surface area contributed by atoms with E-state index < -0.39 is 16.4 Å². The summed E-state index contributed by atoms with van der Waals surface area (Å²) in [4.78, 5) is 28.4. The summed E-state index contributed by atoms with van der Waals surface area (Å²) in [5.74, 6) is 0.982. The Morgan fingerprint density at radius 1 is 1.00 bits per heavy atom. The molecule has 0 amide bonds. The van der Waals surface area contributed by atoms with Gasteiger partial charge in [0.1, 0.15) is 0 Å². The molecule has 1 aromatic carbocycles. The average molecular weight is 461 g/mol. The number of phenols is 1. The number of nitro groups is 1. The first kappa shape index (κ1) is 22.0. The molecule has 0 bridgehead atoms. The van der Waals surface area contributed by atoms with Crippen molar-refractivity contribution in [3.05, 3.63) is 32.8 Å². The number of rotatable bonds is 6. The van der Waals surface area contributed by atoms with Crippen LogP contribution in [0.2, 0.25) is 5.02 Å². The summed E-state index contributed by atoms with van der Waals surface area (Å²) >= 11 is 5.93. The lowest BCUT2D eigenvalue weighted by Crippen LogP contribution is -2.34. The summed E-state index contributed by atoms with van der Waals surface area (Å²) in [6.45, 7) is 3.58. The van der Waals surface area contributed by atoms with Crippen molar-refractivity contribution in [3.63, 3.8) is 0 Å². The van der Waals surface area contributed by atoms with Crippen LogP contribution in [-0.4, -0.2) is 57.4 Å². The van der Waals surface area contributed by atoms with Crippen LogP contribution in [0.1, 0.15) is 44.1 Å². The standard InChI is InChI=1S/C20H25ClN8O3/c21-15-11-14(17(30)16(12-15)29(31)32)13-22-26-18-23-19(27-7-3-1-4-8-27)25-20(24-18)28-9-5-2-6-10-28/h11-13,30H,1-10H2,(H,23,24,25,26)/b22-13-. The van der Waals surface area contributed by atoms with Gasteiger partial charge in [0.05, 0.1) is 11.1 Å². The number of anilines is 3. The smallest absolute Gasteiger partial charge is 0.312 e. The van der Waals surface area contributed by atoms with E-state index in [1.165, 1.54) is 25.1 Å². The van der Waals surface area contributed by atoms with Crippen molar-refractivity contribution in [1.82, 2.24) is 15.0 Å². The zero-order chi connectivity index (χ0) is 22.5. The van der Waals surface area contributed by atoms with Gasteiger partial charge < -0.3 is 14.9 Å². The van der Waals surface area contributed by atoms with E-state index in [4.69, 9.17) is 16.6 Å². The zero-order valence-corrected chi connectivity index (χ0v) is 18.3. The fourth-order valence-electron chi connectivity index (χ4n) is 3.88. The van der Waals surface area contributed by atoms with Crippen molar-refractivity contribution in [3.8, 4) is 5.75 Å². The second-order valence-corrected chi connectivity index (χ2v) is 8.28. The molecule has 0 spiro atoms. The number of hydrogen-bond donors (Lipinski definition) is 2. The van der Waals surface area contributed by atoms with Gasteiger partial charge in [-0.2, -0.15) is 20.1 Å². The van der Waals surface area contributed by atoms with Crippen LogP contribution in [0.4, 0.5) is 23.5 Å². The minimum absolute atomic E-state index is 0.110. The second-order valence-electron chi connectivity index (χ2n) is 7.84. The number of hydrogen-bond acceptors (Lipinski definition) is 10. The Bertz CT molecular complexity index is 970. The summed E-state index contributed by atoms with van der Waals surface area (Å²) in [6, 6.07) is 2.48. The molecule has 2 N–H and O–H groups in total. The topological polar surface area (TPSA) is 133 Å². The minimum atomic E-state index is -0.701. The average Bonchev–Trinajstić information content (AvgIpc) is 2.82. The zero-order valence-electron chi connectivity index (χ0n) is 17.6. The number of piperidine rings is 2. The van der Waals surface area contributed by atoms with Crippen LogP contribution in [-0.2, 0) is 0 Å². The van der Waals surface area contributed by atoms with Crippen molar-refractivity contribution >= 4 is 41.3 Å². The van der Waals surface area contributed by atoms with Crippen molar-refractivity contribution in [2.75, 3.05) is 41.4 Å². The highest BCUT2D eigenvalue weighted by molar-refractivity contribution is 6.31. The molecule has 0 atom stereocenters.